The number of carbonyl (C=O) groups is 2. The summed E-state index contributed by atoms with van der Waals surface area (Å²) >= 11 is 0. The van der Waals surface area contributed by atoms with E-state index in [1.807, 2.05) is 74.2 Å². The van der Waals surface area contributed by atoms with Crippen molar-refractivity contribution in [1.82, 2.24) is 10.2 Å². The number of benzene rings is 2. The summed E-state index contributed by atoms with van der Waals surface area (Å²) in [4.78, 5) is 28.0. The molecule has 0 aliphatic rings. The van der Waals surface area contributed by atoms with Gasteiger partial charge in [-0.25, -0.2) is 0 Å². The van der Waals surface area contributed by atoms with Gasteiger partial charge in [-0.05, 0) is 29.4 Å². The van der Waals surface area contributed by atoms with Crippen molar-refractivity contribution in [2.75, 3.05) is 6.54 Å². The maximum atomic E-state index is 13.6. The molecule has 2 unspecified atom stereocenters. The van der Waals surface area contributed by atoms with E-state index in [-0.39, 0.29) is 23.7 Å². The van der Waals surface area contributed by atoms with E-state index in [1.54, 1.807) is 0 Å². The molecule has 4 heteroatoms. The molecule has 0 aliphatic heterocycles. The molecule has 0 radical (unpaired) electrons. The van der Waals surface area contributed by atoms with Gasteiger partial charge in [0.05, 0.1) is 0 Å². The van der Waals surface area contributed by atoms with Gasteiger partial charge in [0.25, 0.3) is 0 Å². The minimum absolute atomic E-state index is 0.00115. The van der Waals surface area contributed by atoms with E-state index in [2.05, 4.69) is 24.4 Å². The Balaban J connectivity index is 2.20. The summed E-state index contributed by atoms with van der Waals surface area (Å²) in [6, 6.07) is 19.8. The molecule has 30 heavy (non-hydrogen) atoms. The van der Waals surface area contributed by atoms with E-state index < -0.39 is 6.04 Å². The van der Waals surface area contributed by atoms with Gasteiger partial charge in [0.15, 0.2) is 0 Å². The molecular weight excluding hydrogens is 372 g/mol. The molecule has 2 aromatic carbocycles. The van der Waals surface area contributed by atoms with Crippen LogP contribution in [-0.4, -0.2) is 29.3 Å². The third kappa shape index (κ3) is 7.66. The molecule has 0 spiro atoms. The van der Waals surface area contributed by atoms with Crippen LogP contribution in [0.2, 0.25) is 0 Å². The first-order chi connectivity index (χ1) is 14.4. The molecule has 0 bridgehead atoms. The molecule has 4 nitrogen and oxygen atoms in total. The Bertz CT molecular complexity index is 774. The van der Waals surface area contributed by atoms with Crippen LogP contribution >= 0.6 is 0 Å². The van der Waals surface area contributed by atoms with Gasteiger partial charge < -0.3 is 10.2 Å². The standard InChI is InChI=1S/C26H36N2O2/c1-5-21(4)25(27-24(29)18-20(2)3)26(30)28(19-23-14-10-7-11-15-23)17-16-22-12-8-6-9-13-22/h6-15,20-21,25H,5,16-19H2,1-4H3,(H,27,29). The van der Waals surface area contributed by atoms with Crippen molar-refractivity contribution in [3.8, 4) is 0 Å². The van der Waals surface area contributed by atoms with Crippen LogP contribution in [0.5, 0.6) is 0 Å². The third-order valence-corrected chi connectivity index (χ3v) is 5.43. The second-order valence-corrected chi connectivity index (χ2v) is 8.51. The molecule has 162 valence electrons. The maximum absolute atomic E-state index is 13.6. The fraction of sp³-hybridized carbons (Fsp3) is 0.462. The first-order valence-corrected chi connectivity index (χ1v) is 11.1. The summed E-state index contributed by atoms with van der Waals surface area (Å²) in [6.07, 6.45) is 2.05. The minimum Gasteiger partial charge on any atom is -0.344 e. The first-order valence-electron chi connectivity index (χ1n) is 11.1. The van der Waals surface area contributed by atoms with E-state index in [0.29, 0.717) is 19.5 Å². The molecule has 1 N–H and O–H groups in total. The molecule has 0 saturated carbocycles. The summed E-state index contributed by atoms with van der Waals surface area (Å²) in [5, 5.41) is 3.03. The zero-order valence-electron chi connectivity index (χ0n) is 18.8. The summed E-state index contributed by atoms with van der Waals surface area (Å²) < 4.78 is 0. The molecule has 2 rings (SSSR count). The quantitative estimate of drug-likeness (QED) is 0.579. The van der Waals surface area contributed by atoms with Crippen molar-refractivity contribution in [3.05, 3.63) is 71.8 Å². The Labute approximate surface area is 181 Å². The Morgan fingerprint density at radius 1 is 0.900 bits per heavy atom. The lowest BCUT2D eigenvalue weighted by molar-refractivity contribution is -0.138. The topological polar surface area (TPSA) is 49.4 Å². The molecule has 0 aliphatic carbocycles. The van der Waals surface area contributed by atoms with Crippen LogP contribution in [0, 0.1) is 11.8 Å². The number of nitrogens with one attached hydrogen (secondary N) is 1. The van der Waals surface area contributed by atoms with Crippen LogP contribution in [0.25, 0.3) is 0 Å². The van der Waals surface area contributed by atoms with Gasteiger partial charge in [-0.1, -0.05) is 94.8 Å². The van der Waals surface area contributed by atoms with Crippen molar-refractivity contribution < 1.29 is 9.59 Å². The third-order valence-electron chi connectivity index (χ3n) is 5.43. The van der Waals surface area contributed by atoms with E-state index in [4.69, 9.17) is 0 Å². The zero-order chi connectivity index (χ0) is 21.9. The van der Waals surface area contributed by atoms with E-state index in [9.17, 15) is 9.59 Å². The number of nitrogens with zero attached hydrogens (tertiary/aromatic N) is 1. The lowest BCUT2D eigenvalue weighted by Gasteiger charge is -2.31. The molecule has 2 aromatic rings. The van der Waals surface area contributed by atoms with E-state index in [1.165, 1.54) is 5.56 Å². The SMILES string of the molecule is CCC(C)C(NC(=O)CC(C)C)C(=O)N(CCc1ccccc1)Cc1ccccc1. The van der Waals surface area contributed by atoms with Gasteiger partial charge in [0.1, 0.15) is 6.04 Å². The van der Waals surface area contributed by atoms with Crippen molar-refractivity contribution in [2.45, 2.75) is 59.5 Å². The van der Waals surface area contributed by atoms with Gasteiger partial charge in [0.2, 0.25) is 11.8 Å². The molecule has 2 amide bonds. The minimum atomic E-state index is -0.499. The average Bonchev–Trinajstić information content (AvgIpc) is 2.75. The van der Waals surface area contributed by atoms with Gasteiger partial charge in [-0.3, -0.25) is 9.59 Å². The molecule has 0 aromatic heterocycles. The van der Waals surface area contributed by atoms with Gasteiger partial charge >= 0.3 is 0 Å². The number of hydrogen-bond acceptors (Lipinski definition) is 2. The molecule has 0 fully saturated rings. The van der Waals surface area contributed by atoms with E-state index >= 15 is 0 Å². The van der Waals surface area contributed by atoms with Crippen molar-refractivity contribution >= 4 is 11.8 Å². The van der Waals surface area contributed by atoms with Crippen LogP contribution in [-0.2, 0) is 22.6 Å². The highest BCUT2D eigenvalue weighted by Gasteiger charge is 2.30. The maximum Gasteiger partial charge on any atom is 0.245 e. The van der Waals surface area contributed by atoms with E-state index in [0.717, 1.165) is 18.4 Å². The normalized spacial score (nSPS) is 13.0. The monoisotopic (exact) mass is 408 g/mol. The summed E-state index contributed by atoms with van der Waals surface area (Å²) in [5.41, 5.74) is 2.29. The fourth-order valence-electron chi connectivity index (χ4n) is 3.46. The predicted molar refractivity (Wildman–Crippen MR) is 123 cm³/mol. The smallest absolute Gasteiger partial charge is 0.245 e. The second kappa shape index (κ2) is 12.2. The van der Waals surface area contributed by atoms with Crippen LogP contribution in [0.1, 0.15) is 51.7 Å². The van der Waals surface area contributed by atoms with Crippen molar-refractivity contribution in [1.29, 1.82) is 0 Å². The Morgan fingerprint density at radius 3 is 2.00 bits per heavy atom. The molecule has 0 saturated heterocycles. The van der Waals surface area contributed by atoms with Crippen LogP contribution < -0.4 is 5.32 Å². The lowest BCUT2D eigenvalue weighted by Crippen LogP contribution is -2.52. The summed E-state index contributed by atoms with van der Waals surface area (Å²) in [6.45, 7) is 9.29. The van der Waals surface area contributed by atoms with Crippen LogP contribution in [0.15, 0.2) is 60.7 Å². The number of rotatable bonds is 11. The summed E-state index contributed by atoms with van der Waals surface area (Å²) in [5.74, 6) is 0.285. The Kier molecular flexibility index (Phi) is 9.59. The fourth-order valence-corrected chi connectivity index (χ4v) is 3.46. The summed E-state index contributed by atoms with van der Waals surface area (Å²) in [7, 11) is 0. The highest BCUT2D eigenvalue weighted by Crippen LogP contribution is 2.15. The average molecular weight is 409 g/mol. The van der Waals surface area contributed by atoms with Crippen LogP contribution in [0.3, 0.4) is 0 Å². The number of amides is 2. The lowest BCUT2D eigenvalue weighted by atomic mass is 9.96. The van der Waals surface area contributed by atoms with Gasteiger partial charge in [-0.2, -0.15) is 0 Å². The number of hydrogen-bond donors (Lipinski definition) is 1. The highest BCUT2D eigenvalue weighted by molar-refractivity contribution is 5.88. The predicted octanol–water partition coefficient (Wildman–Crippen LogP) is 4.83. The zero-order valence-corrected chi connectivity index (χ0v) is 18.8. The Morgan fingerprint density at radius 2 is 1.47 bits per heavy atom. The highest BCUT2D eigenvalue weighted by atomic mass is 16.2. The second-order valence-electron chi connectivity index (χ2n) is 8.51. The van der Waals surface area contributed by atoms with Gasteiger partial charge in [-0.15, -0.1) is 0 Å². The molecule has 0 heterocycles. The van der Waals surface area contributed by atoms with Crippen molar-refractivity contribution in [3.63, 3.8) is 0 Å². The molecular formula is C26H36N2O2. The first kappa shape index (κ1) is 23.7. The molecule has 2 atom stereocenters. The number of carbonyl (C=O) groups excluding carboxylic acids is 2. The van der Waals surface area contributed by atoms with Crippen LogP contribution in [0.4, 0.5) is 0 Å². The van der Waals surface area contributed by atoms with Crippen molar-refractivity contribution in [2.24, 2.45) is 11.8 Å². The Hall–Kier alpha value is -2.62. The van der Waals surface area contributed by atoms with Gasteiger partial charge in [0, 0.05) is 19.5 Å². The largest absolute Gasteiger partial charge is 0.344 e.